The quantitative estimate of drug-likeness (QED) is 0.882. The first-order valence-corrected chi connectivity index (χ1v) is 7.41. The second-order valence-corrected chi connectivity index (χ2v) is 7.15. The van der Waals surface area contributed by atoms with Crippen LogP contribution in [0.5, 0.6) is 5.75 Å². The molecule has 0 radical (unpaired) electrons. The fourth-order valence-electron chi connectivity index (χ4n) is 3.98. The summed E-state index contributed by atoms with van der Waals surface area (Å²) in [5.41, 5.74) is 1.10. The summed E-state index contributed by atoms with van der Waals surface area (Å²) in [5, 5.41) is 13.5. The summed E-state index contributed by atoms with van der Waals surface area (Å²) < 4.78 is 5.18. The van der Waals surface area contributed by atoms with Crippen molar-refractivity contribution in [3.05, 3.63) is 24.3 Å². The van der Waals surface area contributed by atoms with Crippen LogP contribution in [0.4, 0.5) is 5.69 Å². The third-order valence-corrected chi connectivity index (χ3v) is 4.26. The molecule has 0 aliphatic heterocycles. The molecule has 1 aliphatic carbocycles. The van der Waals surface area contributed by atoms with Crippen LogP contribution in [0.2, 0.25) is 0 Å². The Morgan fingerprint density at radius 1 is 1.25 bits per heavy atom. The third-order valence-electron chi connectivity index (χ3n) is 4.26. The summed E-state index contributed by atoms with van der Waals surface area (Å²) in [6.45, 7) is 7.04. The standard InChI is InChI=1S/C17H27NO2/c1-13-9-16(2,3)11-17(10-13,12-19)18-14-5-7-15(20-4)8-6-14/h5-8,13,18-19H,9-12H2,1-4H3. The van der Waals surface area contributed by atoms with Gasteiger partial charge in [-0.05, 0) is 54.9 Å². The topological polar surface area (TPSA) is 41.5 Å². The zero-order valence-corrected chi connectivity index (χ0v) is 13.1. The third kappa shape index (κ3) is 3.45. The SMILES string of the molecule is COc1ccc(NC2(CO)CC(C)CC(C)(C)C2)cc1. The first-order chi connectivity index (χ1) is 9.38. The van der Waals surface area contributed by atoms with E-state index in [4.69, 9.17) is 4.74 Å². The Bertz CT molecular complexity index is 441. The maximum Gasteiger partial charge on any atom is 0.119 e. The summed E-state index contributed by atoms with van der Waals surface area (Å²) in [6, 6.07) is 7.93. The van der Waals surface area contributed by atoms with E-state index in [0.29, 0.717) is 5.92 Å². The molecule has 1 aromatic carbocycles. The average molecular weight is 277 g/mol. The second-order valence-electron chi connectivity index (χ2n) is 7.15. The number of rotatable bonds is 4. The van der Waals surface area contributed by atoms with E-state index < -0.39 is 0 Å². The molecule has 2 atom stereocenters. The van der Waals surface area contributed by atoms with Gasteiger partial charge in [-0.3, -0.25) is 0 Å². The van der Waals surface area contributed by atoms with Crippen LogP contribution in [-0.4, -0.2) is 24.4 Å². The molecule has 0 bridgehead atoms. The number of anilines is 1. The number of benzene rings is 1. The van der Waals surface area contributed by atoms with Crippen LogP contribution in [0.15, 0.2) is 24.3 Å². The van der Waals surface area contributed by atoms with Gasteiger partial charge in [0.25, 0.3) is 0 Å². The summed E-state index contributed by atoms with van der Waals surface area (Å²) in [5.74, 6) is 1.47. The van der Waals surface area contributed by atoms with Gasteiger partial charge in [-0.2, -0.15) is 0 Å². The highest BCUT2D eigenvalue weighted by Gasteiger charge is 2.42. The molecule has 3 nitrogen and oxygen atoms in total. The van der Waals surface area contributed by atoms with Crippen LogP contribution in [0.1, 0.15) is 40.0 Å². The molecule has 3 heteroatoms. The summed E-state index contributed by atoms with van der Waals surface area (Å²) >= 11 is 0. The molecule has 2 unspecified atom stereocenters. The monoisotopic (exact) mass is 277 g/mol. The molecular formula is C17H27NO2. The van der Waals surface area contributed by atoms with Crippen LogP contribution in [0, 0.1) is 11.3 Å². The predicted molar refractivity (Wildman–Crippen MR) is 83.2 cm³/mol. The number of hydrogen-bond acceptors (Lipinski definition) is 3. The lowest BCUT2D eigenvalue weighted by Crippen LogP contribution is -2.50. The molecule has 0 spiro atoms. The average Bonchev–Trinajstić information content (AvgIpc) is 2.37. The fraction of sp³-hybridized carbons (Fsp3) is 0.647. The van der Waals surface area contributed by atoms with Crippen molar-refractivity contribution in [3.8, 4) is 5.75 Å². The van der Waals surface area contributed by atoms with E-state index in [-0.39, 0.29) is 17.6 Å². The van der Waals surface area contributed by atoms with Crippen molar-refractivity contribution in [1.29, 1.82) is 0 Å². The fourth-order valence-corrected chi connectivity index (χ4v) is 3.98. The van der Waals surface area contributed by atoms with E-state index in [2.05, 4.69) is 26.1 Å². The van der Waals surface area contributed by atoms with Crippen molar-refractivity contribution < 1.29 is 9.84 Å². The molecule has 0 saturated heterocycles. The van der Waals surface area contributed by atoms with Gasteiger partial charge < -0.3 is 15.2 Å². The Balaban J connectivity index is 2.17. The lowest BCUT2D eigenvalue weighted by molar-refractivity contribution is 0.0750. The largest absolute Gasteiger partial charge is 0.497 e. The second kappa shape index (κ2) is 5.65. The first kappa shape index (κ1) is 15.2. The normalized spacial score (nSPS) is 28.9. The number of aliphatic hydroxyl groups is 1. The van der Waals surface area contributed by atoms with Gasteiger partial charge in [-0.1, -0.05) is 20.8 Å². The highest BCUT2D eigenvalue weighted by atomic mass is 16.5. The van der Waals surface area contributed by atoms with Crippen LogP contribution >= 0.6 is 0 Å². The molecule has 0 amide bonds. The lowest BCUT2D eigenvalue weighted by atomic mass is 9.64. The molecular weight excluding hydrogens is 250 g/mol. The number of methoxy groups -OCH3 is 1. The maximum atomic E-state index is 9.97. The molecule has 1 aromatic rings. The van der Waals surface area contributed by atoms with Crippen molar-refractivity contribution in [2.45, 2.75) is 45.6 Å². The molecule has 2 N–H and O–H groups in total. The van der Waals surface area contributed by atoms with E-state index >= 15 is 0 Å². The number of aliphatic hydroxyl groups excluding tert-OH is 1. The Labute approximate surface area is 122 Å². The minimum atomic E-state index is -0.213. The zero-order chi connectivity index (χ0) is 14.8. The van der Waals surface area contributed by atoms with E-state index in [9.17, 15) is 5.11 Å². The van der Waals surface area contributed by atoms with Gasteiger partial charge in [0.2, 0.25) is 0 Å². The lowest BCUT2D eigenvalue weighted by Gasteiger charge is -2.47. The van der Waals surface area contributed by atoms with E-state index in [1.165, 1.54) is 6.42 Å². The van der Waals surface area contributed by atoms with E-state index in [0.717, 1.165) is 24.3 Å². The Morgan fingerprint density at radius 2 is 1.90 bits per heavy atom. The Hall–Kier alpha value is -1.22. The minimum Gasteiger partial charge on any atom is -0.497 e. The van der Waals surface area contributed by atoms with Crippen molar-refractivity contribution >= 4 is 5.69 Å². The molecule has 1 fully saturated rings. The van der Waals surface area contributed by atoms with Gasteiger partial charge in [0.1, 0.15) is 5.75 Å². The summed E-state index contributed by atoms with van der Waals surface area (Å²) in [7, 11) is 1.67. The molecule has 20 heavy (non-hydrogen) atoms. The van der Waals surface area contributed by atoms with Crippen molar-refractivity contribution in [3.63, 3.8) is 0 Å². The van der Waals surface area contributed by atoms with Gasteiger partial charge in [0.15, 0.2) is 0 Å². The van der Waals surface area contributed by atoms with Gasteiger partial charge in [0.05, 0.1) is 19.3 Å². The summed E-state index contributed by atoms with van der Waals surface area (Å²) in [6.07, 6.45) is 3.23. The molecule has 0 aromatic heterocycles. The molecule has 0 heterocycles. The Morgan fingerprint density at radius 3 is 2.40 bits per heavy atom. The first-order valence-electron chi connectivity index (χ1n) is 7.41. The number of nitrogens with one attached hydrogen (secondary N) is 1. The highest BCUT2D eigenvalue weighted by molar-refractivity contribution is 5.48. The molecule has 2 rings (SSSR count). The molecule has 112 valence electrons. The maximum absolute atomic E-state index is 9.97. The van der Waals surface area contributed by atoms with Crippen molar-refractivity contribution in [2.24, 2.45) is 11.3 Å². The predicted octanol–water partition coefficient (Wildman–Crippen LogP) is 3.68. The van der Waals surface area contributed by atoms with Crippen molar-refractivity contribution in [2.75, 3.05) is 19.0 Å². The van der Waals surface area contributed by atoms with Gasteiger partial charge in [-0.25, -0.2) is 0 Å². The Kier molecular flexibility index (Phi) is 4.28. The van der Waals surface area contributed by atoms with Gasteiger partial charge in [-0.15, -0.1) is 0 Å². The zero-order valence-electron chi connectivity index (χ0n) is 13.1. The number of hydrogen-bond donors (Lipinski definition) is 2. The van der Waals surface area contributed by atoms with E-state index in [1.54, 1.807) is 7.11 Å². The molecule has 1 saturated carbocycles. The minimum absolute atomic E-state index is 0.173. The van der Waals surface area contributed by atoms with E-state index in [1.807, 2.05) is 24.3 Å². The smallest absolute Gasteiger partial charge is 0.119 e. The van der Waals surface area contributed by atoms with Crippen LogP contribution in [-0.2, 0) is 0 Å². The summed E-state index contributed by atoms with van der Waals surface area (Å²) in [4.78, 5) is 0. The van der Waals surface area contributed by atoms with Crippen molar-refractivity contribution in [1.82, 2.24) is 0 Å². The van der Waals surface area contributed by atoms with Crippen LogP contribution < -0.4 is 10.1 Å². The van der Waals surface area contributed by atoms with Gasteiger partial charge in [0, 0.05) is 5.69 Å². The highest BCUT2D eigenvalue weighted by Crippen LogP contribution is 2.45. The van der Waals surface area contributed by atoms with Gasteiger partial charge >= 0.3 is 0 Å². The number of ether oxygens (including phenoxy) is 1. The van der Waals surface area contributed by atoms with Crippen LogP contribution in [0.25, 0.3) is 0 Å². The molecule has 1 aliphatic rings. The van der Waals surface area contributed by atoms with Crippen LogP contribution in [0.3, 0.4) is 0 Å².